The number of amides is 1. The van der Waals surface area contributed by atoms with Gasteiger partial charge < -0.3 is 14.8 Å². The summed E-state index contributed by atoms with van der Waals surface area (Å²) in [5.74, 6) is 0.864. The quantitative estimate of drug-likeness (QED) is 0.800. The number of halogens is 1. The highest BCUT2D eigenvalue weighted by atomic mass is 35.5. The van der Waals surface area contributed by atoms with Crippen molar-refractivity contribution in [2.24, 2.45) is 0 Å². The number of carbonyl (C=O) groups is 1. The molecule has 1 aromatic carbocycles. The van der Waals surface area contributed by atoms with Crippen molar-refractivity contribution in [1.82, 2.24) is 0 Å². The highest BCUT2D eigenvalue weighted by Crippen LogP contribution is 2.36. The Morgan fingerprint density at radius 2 is 1.87 bits per heavy atom. The molecule has 0 saturated heterocycles. The van der Waals surface area contributed by atoms with Gasteiger partial charge >= 0.3 is 0 Å². The first-order valence-electron chi connectivity index (χ1n) is 7.32. The van der Waals surface area contributed by atoms with E-state index >= 15 is 0 Å². The van der Waals surface area contributed by atoms with Gasteiger partial charge in [0.25, 0.3) is 5.91 Å². The molecule has 0 atom stereocenters. The normalized spacial score (nSPS) is 10.5. The van der Waals surface area contributed by atoms with E-state index in [1.807, 2.05) is 13.0 Å². The number of rotatable bonds is 6. The van der Waals surface area contributed by atoms with Crippen molar-refractivity contribution in [1.29, 1.82) is 0 Å². The summed E-state index contributed by atoms with van der Waals surface area (Å²) in [6.07, 6.45) is 2.03. The van der Waals surface area contributed by atoms with E-state index in [0.29, 0.717) is 27.1 Å². The number of carbonyl (C=O) groups excluding carboxylic acids is 1. The van der Waals surface area contributed by atoms with Crippen molar-refractivity contribution in [2.75, 3.05) is 19.5 Å². The molecular formula is C17H20ClNO3S. The van der Waals surface area contributed by atoms with E-state index in [4.69, 9.17) is 21.1 Å². The number of benzene rings is 1. The molecule has 0 spiro atoms. The Morgan fingerprint density at radius 1 is 1.22 bits per heavy atom. The molecule has 0 aliphatic carbocycles. The summed E-state index contributed by atoms with van der Waals surface area (Å²) in [6, 6.07) is 5.23. The fourth-order valence-electron chi connectivity index (χ4n) is 2.28. The summed E-state index contributed by atoms with van der Waals surface area (Å²) in [6.45, 7) is 4.16. The van der Waals surface area contributed by atoms with Crippen molar-refractivity contribution in [3.8, 4) is 11.5 Å². The van der Waals surface area contributed by atoms with Crippen molar-refractivity contribution in [2.45, 2.75) is 26.7 Å². The fraction of sp³-hybridized carbons (Fsp3) is 0.353. The third-order valence-electron chi connectivity index (χ3n) is 3.49. The lowest BCUT2D eigenvalue weighted by Gasteiger charge is -2.12. The maximum Gasteiger partial charge on any atom is 0.265 e. The number of ether oxygens (including phenoxy) is 2. The van der Waals surface area contributed by atoms with Gasteiger partial charge in [-0.15, -0.1) is 11.3 Å². The molecule has 2 rings (SSSR count). The SMILES string of the molecule is CCCc1cc(C(=O)Nc2cc(OC)c(OC)cc2Cl)sc1C. The Morgan fingerprint density at radius 3 is 2.48 bits per heavy atom. The van der Waals surface area contributed by atoms with Gasteiger partial charge in [0.15, 0.2) is 11.5 Å². The third kappa shape index (κ3) is 3.98. The highest BCUT2D eigenvalue weighted by Gasteiger charge is 2.16. The zero-order valence-corrected chi connectivity index (χ0v) is 15.2. The van der Waals surface area contributed by atoms with Crippen molar-refractivity contribution >= 4 is 34.5 Å². The number of thiophene rings is 1. The van der Waals surface area contributed by atoms with Gasteiger partial charge in [-0.05, 0) is 25.0 Å². The van der Waals surface area contributed by atoms with Crippen LogP contribution in [0.2, 0.25) is 5.02 Å². The van der Waals surface area contributed by atoms with Crippen LogP contribution in [0, 0.1) is 6.92 Å². The largest absolute Gasteiger partial charge is 0.493 e. The van der Waals surface area contributed by atoms with Crippen LogP contribution >= 0.6 is 22.9 Å². The monoisotopic (exact) mass is 353 g/mol. The fourth-order valence-corrected chi connectivity index (χ4v) is 3.45. The molecule has 4 nitrogen and oxygen atoms in total. The van der Waals surface area contributed by atoms with Gasteiger partial charge in [-0.1, -0.05) is 24.9 Å². The molecule has 6 heteroatoms. The molecule has 1 amide bonds. The van der Waals surface area contributed by atoms with E-state index < -0.39 is 0 Å². The number of methoxy groups -OCH3 is 2. The molecule has 0 unspecified atom stereocenters. The second-order valence-electron chi connectivity index (χ2n) is 5.08. The van der Waals surface area contributed by atoms with Gasteiger partial charge in [-0.2, -0.15) is 0 Å². The zero-order valence-electron chi connectivity index (χ0n) is 13.7. The Labute approximate surface area is 145 Å². The first-order chi connectivity index (χ1) is 11.0. The topological polar surface area (TPSA) is 47.6 Å². The molecule has 1 aromatic heterocycles. The van der Waals surface area contributed by atoms with Crippen LogP contribution in [0.3, 0.4) is 0 Å². The minimum Gasteiger partial charge on any atom is -0.493 e. The van der Waals surface area contributed by atoms with Crippen molar-refractivity contribution in [3.05, 3.63) is 38.5 Å². The molecule has 0 radical (unpaired) electrons. The van der Waals surface area contributed by atoms with Crippen molar-refractivity contribution < 1.29 is 14.3 Å². The van der Waals surface area contributed by atoms with E-state index in [1.54, 1.807) is 12.1 Å². The molecular weight excluding hydrogens is 334 g/mol. The number of hydrogen-bond acceptors (Lipinski definition) is 4. The number of aryl methyl sites for hydroxylation is 2. The molecule has 0 saturated carbocycles. The summed E-state index contributed by atoms with van der Waals surface area (Å²) >= 11 is 7.70. The summed E-state index contributed by atoms with van der Waals surface area (Å²) in [5, 5.41) is 3.24. The van der Waals surface area contributed by atoms with E-state index in [1.165, 1.54) is 36.0 Å². The molecule has 0 fully saturated rings. The van der Waals surface area contributed by atoms with Crippen LogP contribution in [0.4, 0.5) is 5.69 Å². The summed E-state index contributed by atoms with van der Waals surface area (Å²) in [5.41, 5.74) is 1.72. The van der Waals surface area contributed by atoms with Gasteiger partial charge in [0.2, 0.25) is 0 Å². The molecule has 2 aromatic rings. The van der Waals surface area contributed by atoms with Crippen LogP contribution in [-0.2, 0) is 6.42 Å². The molecule has 124 valence electrons. The van der Waals surface area contributed by atoms with E-state index in [-0.39, 0.29) is 5.91 Å². The first-order valence-corrected chi connectivity index (χ1v) is 8.51. The van der Waals surface area contributed by atoms with E-state index in [2.05, 4.69) is 12.2 Å². The van der Waals surface area contributed by atoms with Gasteiger partial charge in [-0.3, -0.25) is 4.79 Å². The number of anilines is 1. The molecule has 1 heterocycles. The summed E-state index contributed by atoms with van der Waals surface area (Å²) in [7, 11) is 3.08. The molecule has 0 bridgehead atoms. The zero-order chi connectivity index (χ0) is 17.0. The predicted molar refractivity (Wildman–Crippen MR) is 95.6 cm³/mol. The third-order valence-corrected chi connectivity index (χ3v) is 4.89. The van der Waals surface area contributed by atoms with Gasteiger partial charge in [0, 0.05) is 17.0 Å². The lowest BCUT2D eigenvalue weighted by Crippen LogP contribution is -2.11. The van der Waals surface area contributed by atoms with Crippen molar-refractivity contribution in [3.63, 3.8) is 0 Å². The first kappa shape index (κ1) is 17.6. The van der Waals surface area contributed by atoms with E-state index in [0.717, 1.165) is 12.8 Å². The molecule has 0 aliphatic rings. The molecule has 0 aliphatic heterocycles. The number of nitrogens with one attached hydrogen (secondary N) is 1. The van der Waals surface area contributed by atoms with Gasteiger partial charge in [0.05, 0.1) is 29.8 Å². The maximum atomic E-state index is 12.5. The lowest BCUT2D eigenvalue weighted by molar-refractivity contribution is 0.103. The second-order valence-corrected chi connectivity index (χ2v) is 6.75. The Bertz CT molecular complexity index is 712. The Balaban J connectivity index is 2.24. The van der Waals surface area contributed by atoms with Crippen LogP contribution in [0.15, 0.2) is 18.2 Å². The van der Waals surface area contributed by atoms with Crippen LogP contribution in [-0.4, -0.2) is 20.1 Å². The lowest BCUT2D eigenvalue weighted by atomic mass is 10.1. The second kappa shape index (κ2) is 7.70. The predicted octanol–water partition coefficient (Wildman–Crippen LogP) is 4.93. The van der Waals surface area contributed by atoms with Crippen LogP contribution < -0.4 is 14.8 Å². The minimum absolute atomic E-state index is 0.172. The smallest absolute Gasteiger partial charge is 0.265 e. The average molecular weight is 354 g/mol. The van der Waals surface area contributed by atoms with Gasteiger partial charge in [-0.25, -0.2) is 0 Å². The van der Waals surface area contributed by atoms with Crippen LogP contribution in [0.1, 0.15) is 33.5 Å². The van der Waals surface area contributed by atoms with Crippen LogP contribution in [0.25, 0.3) is 0 Å². The van der Waals surface area contributed by atoms with Gasteiger partial charge in [0.1, 0.15) is 0 Å². The molecule has 23 heavy (non-hydrogen) atoms. The Kier molecular flexibility index (Phi) is 5.91. The molecule has 1 N–H and O–H groups in total. The summed E-state index contributed by atoms with van der Waals surface area (Å²) < 4.78 is 10.4. The minimum atomic E-state index is -0.172. The highest BCUT2D eigenvalue weighted by molar-refractivity contribution is 7.14. The standard InChI is InChI=1S/C17H20ClNO3S/c1-5-6-11-7-16(23-10(11)2)17(20)19-13-9-15(22-4)14(21-3)8-12(13)18/h7-9H,5-6H2,1-4H3,(H,19,20). The van der Waals surface area contributed by atoms with Crippen LogP contribution in [0.5, 0.6) is 11.5 Å². The Hall–Kier alpha value is -1.72. The van der Waals surface area contributed by atoms with E-state index in [9.17, 15) is 4.79 Å². The maximum absolute atomic E-state index is 12.5. The number of hydrogen-bond donors (Lipinski definition) is 1. The summed E-state index contributed by atoms with van der Waals surface area (Å²) in [4.78, 5) is 14.3. The average Bonchev–Trinajstić information content (AvgIpc) is 2.90.